The van der Waals surface area contributed by atoms with Crippen molar-refractivity contribution in [2.24, 2.45) is 0 Å². The minimum absolute atomic E-state index is 0.0978. The first-order valence-electron chi connectivity index (χ1n) is 11.3. The van der Waals surface area contributed by atoms with E-state index in [2.05, 4.69) is 5.10 Å². The van der Waals surface area contributed by atoms with E-state index in [9.17, 15) is 22.0 Å². The van der Waals surface area contributed by atoms with Gasteiger partial charge in [0.15, 0.2) is 5.69 Å². The molecule has 178 valence electrons. The highest BCUT2D eigenvalue weighted by Gasteiger charge is 2.33. The second-order valence-corrected chi connectivity index (χ2v) is 10.5. The average Bonchev–Trinajstić information content (AvgIpc) is 3.24. The molecule has 1 aromatic heterocycles. The number of hydrogen-bond acceptors (Lipinski definition) is 4. The monoisotopic (exact) mass is 486 g/mol. The van der Waals surface area contributed by atoms with E-state index >= 15 is 0 Å². The average molecular weight is 487 g/mol. The molecule has 0 radical (unpaired) electrons. The molecule has 1 aliphatic heterocycles. The number of carbonyl (C=O) groups excluding carboxylic acids is 1. The quantitative estimate of drug-likeness (QED) is 0.568. The summed E-state index contributed by atoms with van der Waals surface area (Å²) in [6, 6.07) is 10.9. The number of halogens is 2. The largest absolute Gasteiger partial charge is 0.335 e. The molecule has 0 saturated carbocycles. The Morgan fingerprint density at radius 3 is 2.29 bits per heavy atom. The van der Waals surface area contributed by atoms with Crippen LogP contribution in [0.25, 0.3) is 5.69 Å². The topological polar surface area (TPSA) is 75.5 Å². The standard InChI is InChI=1S/C24H24F2N4O3S/c25-17-8-10-19(11-9-17)30-22-7-2-1-6-21(22)23(27-30)24(31)28-12-14-29(15-13-28)34(32,33)20-5-3-4-18(26)16-20/h3-5,8-11,16H,1-2,6-7,12-15H2. The molecule has 0 atom stereocenters. The maximum atomic E-state index is 13.5. The van der Waals surface area contributed by atoms with E-state index in [-0.39, 0.29) is 42.8 Å². The smallest absolute Gasteiger partial charge is 0.274 e. The van der Waals surface area contributed by atoms with E-state index in [4.69, 9.17) is 0 Å². The van der Waals surface area contributed by atoms with Crippen molar-refractivity contribution in [3.8, 4) is 5.69 Å². The molecule has 0 N–H and O–H groups in total. The molecular formula is C24H24F2N4O3S. The Hall–Kier alpha value is -3.11. The molecule has 2 aliphatic rings. The van der Waals surface area contributed by atoms with E-state index in [0.717, 1.165) is 43.0 Å². The van der Waals surface area contributed by atoms with Gasteiger partial charge in [-0.2, -0.15) is 9.40 Å². The maximum Gasteiger partial charge on any atom is 0.274 e. The van der Waals surface area contributed by atoms with Gasteiger partial charge in [0.05, 0.1) is 10.6 Å². The van der Waals surface area contributed by atoms with Crippen LogP contribution in [-0.2, 0) is 22.9 Å². The van der Waals surface area contributed by atoms with Gasteiger partial charge in [0.1, 0.15) is 11.6 Å². The Kier molecular flexibility index (Phi) is 5.95. The summed E-state index contributed by atoms with van der Waals surface area (Å²) in [6.45, 7) is 0.661. The lowest BCUT2D eigenvalue weighted by Gasteiger charge is -2.33. The Labute approximate surface area is 196 Å². The van der Waals surface area contributed by atoms with Crippen LogP contribution < -0.4 is 0 Å². The van der Waals surface area contributed by atoms with Crippen LogP contribution in [0.5, 0.6) is 0 Å². The highest BCUT2D eigenvalue weighted by atomic mass is 32.2. The van der Waals surface area contributed by atoms with Gasteiger partial charge in [-0.3, -0.25) is 4.79 Å². The number of hydrogen-bond donors (Lipinski definition) is 0. The molecule has 3 aromatic rings. The fourth-order valence-corrected chi connectivity index (χ4v) is 6.08. The number of sulfonamides is 1. The Bertz CT molecular complexity index is 1330. The summed E-state index contributed by atoms with van der Waals surface area (Å²) in [5.41, 5.74) is 2.95. The zero-order chi connectivity index (χ0) is 23.9. The molecule has 0 bridgehead atoms. The molecule has 2 aromatic carbocycles. The first-order chi connectivity index (χ1) is 16.3. The molecule has 34 heavy (non-hydrogen) atoms. The number of piperazine rings is 1. The molecule has 0 spiro atoms. The van der Waals surface area contributed by atoms with Gasteiger partial charge in [0, 0.05) is 37.4 Å². The zero-order valence-corrected chi connectivity index (χ0v) is 19.3. The van der Waals surface area contributed by atoms with E-state index in [1.807, 2.05) is 0 Å². The number of benzene rings is 2. The van der Waals surface area contributed by atoms with Crippen molar-refractivity contribution in [3.05, 3.63) is 77.1 Å². The van der Waals surface area contributed by atoms with Crippen LogP contribution in [0.4, 0.5) is 8.78 Å². The molecule has 2 heterocycles. The van der Waals surface area contributed by atoms with Crippen molar-refractivity contribution in [2.45, 2.75) is 30.6 Å². The van der Waals surface area contributed by atoms with E-state index in [0.29, 0.717) is 11.4 Å². The lowest BCUT2D eigenvalue weighted by Crippen LogP contribution is -2.50. The third kappa shape index (κ3) is 4.12. The van der Waals surface area contributed by atoms with Crippen molar-refractivity contribution < 1.29 is 22.0 Å². The minimum atomic E-state index is -3.84. The van der Waals surface area contributed by atoms with Gasteiger partial charge in [-0.25, -0.2) is 21.9 Å². The Morgan fingerprint density at radius 2 is 1.59 bits per heavy atom. The van der Waals surface area contributed by atoms with Gasteiger partial charge in [-0.05, 0) is 68.1 Å². The number of nitrogens with zero attached hydrogens (tertiary/aromatic N) is 4. The van der Waals surface area contributed by atoms with Crippen LogP contribution in [0.3, 0.4) is 0 Å². The molecule has 1 aliphatic carbocycles. The molecule has 0 unspecified atom stereocenters. The van der Waals surface area contributed by atoms with Crippen molar-refractivity contribution in [1.29, 1.82) is 0 Å². The van der Waals surface area contributed by atoms with E-state index in [1.54, 1.807) is 21.7 Å². The Balaban J connectivity index is 1.36. The fourth-order valence-electron chi connectivity index (χ4n) is 4.62. The highest BCUT2D eigenvalue weighted by molar-refractivity contribution is 7.89. The number of fused-ring (bicyclic) bond motifs is 1. The summed E-state index contributed by atoms with van der Waals surface area (Å²) in [7, 11) is -3.84. The normalized spacial score (nSPS) is 16.9. The second kappa shape index (κ2) is 8.92. The van der Waals surface area contributed by atoms with Gasteiger partial charge in [-0.15, -0.1) is 0 Å². The van der Waals surface area contributed by atoms with Crippen LogP contribution in [-0.4, -0.2) is 59.5 Å². The second-order valence-electron chi connectivity index (χ2n) is 8.52. The number of aromatic nitrogens is 2. The van der Waals surface area contributed by atoms with Crippen LogP contribution in [0.15, 0.2) is 53.4 Å². The maximum absolute atomic E-state index is 13.5. The van der Waals surface area contributed by atoms with Gasteiger partial charge in [-0.1, -0.05) is 6.07 Å². The van der Waals surface area contributed by atoms with Crippen LogP contribution >= 0.6 is 0 Å². The summed E-state index contributed by atoms with van der Waals surface area (Å²) in [5.74, 6) is -1.19. The van der Waals surface area contributed by atoms with E-state index < -0.39 is 15.8 Å². The minimum Gasteiger partial charge on any atom is -0.335 e. The van der Waals surface area contributed by atoms with Crippen molar-refractivity contribution in [3.63, 3.8) is 0 Å². The summed E-state index contributed by atoms with van der Waals surface area (Å²) in [5, 5.41) is 4.62. The number of amides is 1. The SMILES string of the molecule is O=C(c1nn(-c2ccc(F)cc2)c2c1CCCC2)N1CCN(S(=O)(=O)c2cccc(F)c2)CC1. The molecule has 1 saturated heterocycles. The van der Waals surface area contributed by atoms with Gasteiger partial charge in [0.2, 0.25) is 10.0 Å². The van der Waals surface area contributed by atoms with Gasteiger partial charge in [0.25, 0.3) is 5.91 Å². The molecular weight excluding hydrogens is 462 g/mol. The van der Waals surface area contributed by atoms with Gasteiger partial charge >= 0.3 is 0 Å². The molecule has 10 heteroatoms. The fraction of sp³-hybridized carbons (Fsp3) is 0.333. The Morgan fingerprint density at radius 1 is 0.882 bits per heavy atom. The summed E-state index contributed by atoms with van der Waals surface area (Å²) in [6.07, 6.45) is 3.48. The molecule has 1 fully saturated rings. The number of carbonyl (C=O) groups is 1. The third-order valence-electron chi connectivity index (χ3n) is 6.41. The van der Waals surface area contributed by atoms with Crippen molar-refractivity contribution in [2.75, 3.05) is 26.2 Å². The van der Waals surface area contributed by atoms with Crippen LogP contribution in [0, 0.1) is 11.6 Å². The van der Waals surface area contributed by atoms with Crippen LogP contribution in [0.2, 0.25) is 0 Å². The van der Waals surface area contributed by atoms with Crippen molar-refractivity contribution >= 4 is 15.9 Å². The number of rotatable bonds is 4. The first-order valence-corrected chi connectivity index (χ1v) is 12.7. The first kappa shape index (κ1) is 22.7. The van der Waals surface area contributed by atoms with E-state index in [1.165, 1.54) is 34.6 Å². The highest BCUT2D eigenvalue weighted by Crippen LogP contribution is 2.28. The third-order valence-corrected chi connectivity index (χ3v) is 8.31. The van der Waals surface area contributed by atoms with Crippen LogP contribution in [0.1, 0.15) is 34.6 Å². The molecule has 7 nitrogen and oxygen atoms in total. The summed E-state index contributed by atoms with van der Waals surface area (Å²) < 4.78 is 55.7. The predicted octanol–water partition coefficient (Wildman–Crippen LogP) is 3.18. The zero-order valence-electron chi connectivity index (χ0n) is 18.5. The lowest BCUT2D eigenvalue weighted by molar-refractivity contribution is 0.0690. The lowest BCUT2D eigenvalue weighted by atomic mass is 9.95. The summed E-state index contributed by atoms with van der Waals surface area (Å²) in [4.78, 5) is 14.9. The van der Waals surface area contributed by atoms with Crippen molar-refractivity contribution in [1.82, 2.24) is 19.0 Å². The molecule has 1 amide bonds. The molecule has 5 rings (SSSR count). The predicted molar refractivity (Wildman–Crippen MR) is 121 cm³/mol. The van der Waals surface area contributed by atoms with Gasteiger partial charge < -0.3 is 4.90 Å². The summed E-state index contributed by atoms with van der Waals surface area (Å²) >= 11 is 0.